The molecule has 0 aromatic heterocycles. The molecule has 0 fully saturated rings. The van der Waals surface area contributed by atoms with Crippen LogP contribution in [-0.4, -0.2) is 25.3 Å². The highest BCUT2D eigenvalue weighted by Crippen LogP contribution is 2.15. The number of carbonyl (C=O) groups is 1. The van der Waals surface area contributed by atoms with Crippen molar-refractivity contribution in [3.63, 3.8) is 0 Å². The molecule has 0 aliphatic rings. The van der Waals surface area contributed by atoms with Gasteiger partial charge in [-0.05, 0) is 55.4 Å². The summed E-state index contributed by atoms with van der Waals surface area (Å²) in [6.45, 7) is 10.4. The largest absolute Gasteiger partial charge is 0.478 e. The van der Waals surface area contributed by atoms with Crippen molar-refractivity contribution >= 4 is 5.97 Å². The van der Waals surface area contributed by atoms with Gasteiger partial charge in [-0.1, -0.05) is 83.0 Å². The van der Waals surface area contributed by atoms with Crippen molar-refractivity contribution in [2.75, 3.05) is 14.2 Å². The van der Waals surface area contributed by atoms with Gasteiger partial charge in [0.15, 0.2) is 0 Å². The SMILES string of the molecule is CC.CCC.COC.Cc1ccccc1CCCCCc1ccccc1C(=O)O. The van der Waals surface area contributed by atoms with Crippen LogP contribution in [0.5, 0.6) is 0 Å². The van der Waals surface area contributed by atoms with Gasteiger partial charge in [-0.3, -0.25) is 0 Å². The smallest absolute Gasteiger partial charge is 0.335 e. The van der Waals surface area contributed by atoms with Crippen molar-refractivity contribution in [3.8, 4) is 0 Å². The van der Waals surface area contributed by atoms with Crippen LogP contribution in [0.3, 0.4) is 0 Å². The highest BCUT2D eigenvalue weighted by molar-refractivity contribution is 5.89. The van der Waals surface area contributed by atoms with Gasteiger partial charge in [-0.15, -0.1) is 0 Å². The molecule has 0 amide bonds. The monoisotopic (exact) mass is 402 g/mol. The molecular weight excluding hydrogens is 360 g/mol. The van der Waals surface area contributed by atoms with Gasteiger partial charge < -0.3 is 9.84 Å². The van der Waals surface area contributed by atoms with Crippen molar-refractivity contribution in [2.45, 2.75) is 73.1 Å². The van der Waals surface area contributed by atoms with E-state index < -0.39 is 5.97 Å². The molecule has 0 radical (unpaired) electrons. The van der Waals surface area contributed by atoms with Crippen LogP contribution in [0, 0.1) is 6.92 Å². The van der Waals surface area contributed by atoms with Gasteiger partial charge in [0.25, 0.3) is 0 Å². The van der Waals surface area contributed by atoms with Gasteiger partial charge in [-0.25, -0.2) is 4.79 Å². The molecule has 164 valence electrons. The maximum atomic E-state index is 11.1. The van der Waals surface area contributed by atoms with Gasteiger partial charge in [-0.2, -0.15) is 0 Å². The second kappa shape index (κ2) is 20.6. The van der Waals surface area contributed by atoms with Crippen LogP contribution in [0.25, 0.3) is 0 Å². The van der Waals surface area contributed by atoms with Crippen LogP contribution < -0.4 is 0 Å². The fourth-order valence-corrected chi connectivity index (χ4v) is 2.65. The number of ether oxygens (including phenoxy) is 1. The third-order valence-corrected chi connectivity index (χ3v) is 3.90. The Morgan fingerprint density at radius 3 is 1.72 bits per heavy atom. The number of hydrogen-bond acceptors (Lipinski definition) is 2. The average Bonchev–Trinajstić information content (AvgIpc) is 2.72. The summed E-state index contributed by atoms with van der Waals surface area (Å²) in [5.41, 5.74) is 4.16. The fourth-order valence-electron chi connectivity index (χ4n) is 2.65. The Kier molecular flexibility index (Phi) is 20.7. The van der Waals surface area contributed by atoms with Crippen LogP contribution in [0.1, 0.15) is 80.4 Å². The number of unbranched alkanes of at least 4 members (excludes halogenated alkanes) is 2. The predicted molar refractivity (Wildman–Crippen MR) is 126 cm³/mol. The van der Waals surface area contributed by atoms with E-state index in [1.165, 1.54) is 17.5 Å². The van der Waals surface area contributed by atoms with E-state index in [-0.39, 0.29) is 0 Å². The van der Waals surface area contributed by atoms with Crippen LogP contribution in [0.4, 0.5) is 0 Å². The molecule has 0 bridgehead atoms. The first kappa shape index (κ1) is 29.1. The Morgan fingerprint density at radius 1 is 0.828 bits per heavy atom. The number of aryl methyl sites for hydroxylation is 3. The quantitative estimate of drug-likeness (QED) is 0.492. The zero-order chi connectivity index (χ0) is 22.5. The number of aromatic carboxylic acids is 1. The van der Waals surface area contributed by atoms with Gasteiger partial charge in [0.2, 0.25) is 0 Å². The van der Waals surface area contributed by atoms with Crippen molar-refractivity contribution in [3.05, 3.63) is 70.8 Å². The minimum Gasteiger partial charge on any atom is -0.478 e. The van der Waals surface area contributed by atoms with Crippen molar-refractivity contribution in [1.29, 1.82) is 0 Å². The Bertz CT molecular complexity index is 633. The molecule has 0 unspecified atom stereocenters. The summed E-state index contributed by atoms with van der Waals surface area (Å²) in [4.78, 5) is 11.1. The minimum atomic E-state index is -0.828. The fraction of sp³-hybridized carbons (Fsp3) is 0.500. The maximum absolute atomic E-state index is 11.1. The molecule has 3 heteroatoms. The molecule has 0 aliphatic carbocycles. The molecule has 0 spiro atoms. The first-order chi connectivity index (χ1) is 14.0. The predicted octanol–water partition coefficient (Wildman–Crippen LogP) is 7.35. The van der Waals surface area contributed by atoms with E-state index in [1.54, 1.807) is 26.4 Å². The lowest BCUT2D eigenvalue weighted by Gasteiger charge is -2.07. The van der Waals surface area contributed by atoms with Gasteiger partial charge in [0.05, 0.1) is 5.56 Å². The molecule has 0 aliphatic heterocycles. The summed E-state index contributed by atoms with van der Waals surface area (Å²) in [5.74, 6) is -0.828. The van der Waals surface area contributed by atoms with E-state index in [0.29, 0.717) is 5.56 Å². The van der Waals surface area contributed by atoms with Gasteiger partial charge in [0.1, 0.15) is 0 Å². The molecule has 29 heavy (non-hydrogen) atoms. The third-order valence-electron chi connectivity index (χ3n) is 3.90. The lowest BCUT2D eigenvalue weighted by atomic mass is 9.99. The summed E-state index contributed by atoms with van der Waals surface area (Å²) >= 11 is 0. The molecule has 0 heterocycles. The van der Waals surface area contributed by atoms with Crippen LogP contribution in [0.15, 0.2) is 48.5 Å². The van der Waals surface area contributed by atoms with E-state index in [0.717, 1.165) is 37.7 Å². The standard InChI is InChI=1S/C19H22O2.C3H8.C2H6O.C2H6/c1-15-9-5-6-11-16(15)10-3-2-4-12-17-13-7-8-14-18(17)19(20)21;2*1-3-2;1-2/h5-9,11,13-14H,2-4,10,12H2,1H3,(H,20,21);3H2,1-2H3;1-2H3;1-2H3. The van der Waals surface area contributed by atoms with Gasteiger partial charge >= 0.3 is 5.97 Å². The van der Waals surface area contributed by atoms with Crippen molar-refractivity contribution in [1.82, 2.24) is 0 Å². The molecule has 0 saturated heterocycles. The van der Waals surface area contributed by atoms with E-state index in [2.05, 4.69) is 49.8 Å². The summed E-state index contributed by atoms with van der Waals surface area (Å²) in [6, 6.07) is 15.8. The highest BCUT2D eigenvalue weighted by atomic mass is 16.4. The Labute approximate surface area is 179 Å². The maximum Gasteiger partial charge on any atom is 0.335 e. The van der Waals surface area contributed by atoms with Crippen molar-refractivity contribution in [2.24, 2.45) is 0 Å². The Hall–Kier alpha value is -2.13. The average molecular weight is 403 g/mol. The number of carboxylic acids is 1. The molecular formula is C26H42O3. The molecule has 2 aromatic carbocycles. The first-order valence-corrected chi connectivity index (χ1v) is 10.8. The number of methoxy groups -OCH3 is 1. The number of benzene rings is 2. The first-order valence-electron chi connectivity index (χ1n) is 10.8. The second-order valence-corrected chi connectivity index (χ2v) is 6.56. The normalized spacial score (nSPS) is 9.07. The highest BCUT2D eigenvalue weighted by Gasteiger charge is 2.08. The minimum absolute atomic E-state index is 0.441. The molecule has 3 nitrogen and oxygen atoms in total. The van der Waals surface area contributed by atoms with Crippen LogP contribution in [-0.2, 0) is 17.6 Å². The summed E-state index contributed by atoms with van der Waals surface area (Å²) in [5, 5.41) is 9.15. The van der Waals surface area contributed by atoms with Crippen LogP contribution in [0.2, 0.25) is 0 Å². The molecule has 2 aromatic rings. The Balaban J connectivity index is 0. The van der Waals surface area contributed by atoms with E-state index in [4.69, 9.17) is 5.11 Å². The zero-order valence-corrected chi connectivity index (χ0v) is 19.6. The molecule has 0 atom stereocenters. The summed E-state index contributed by atoms with van der Waals surface area (Å²) < 4.78 is 4.25. The number of hydrogen-bond donors (Lipinski definition) is 1. The van der Waals surface area contributed by atoms with E-state index in [1.807, 2.05) is 26.0 Å². The molecule has 0 saturated carbocycles. The summed E-state index contributed by atoms with van der Waals surface area (Å²) in [7, 11) is 3.25. The lowest BCUT2D eigenvalue weighted by molar-refractivity contribution is 0.0695. The topological polar surface area (TPSA) is 46.5 Å². The Morgan fingerprint density at radius 2 is 1.24 bits per heavy atom. The van der Waals surface area contributed by atoms with E-state index >= 15 is 0 Å². The second-order valence-electron chi connectivity index (χ2n) is 6.56. The lowest BCUT2D eigenvalue weighted by Crippen LogP contribution is -2.02. The third kappa shape index (κ3) is 14.5. The number of carboxylic acid groups (broad SMARTS) is 1. The van der Waals surface area contributed by atoms with E-state index in [9.17, 15) is 4.79 Å². The van der Waals surface area contributed by atoms with Gasteiger partial charge in [0, 0.05) is 14.2 Å². The molecule has 2 rings (SSSR count). The van der Waals surface area contributed by atoms with Crippen molar-refractivity contribution < 1.29 is 14.6 Å². The zero-order valence-electron chi connectivity index (χ0n) is 19.6. The molecule has 1 N–H and O–H groups in total. The van der Waals surface area contributed by atoms with Crippen LogP contribution >= 0.6 is 0 Å². The summed E-state index contributed by atoms with van der Waals surface area (Å²) in [6.07, 6.45) is 6.52. The number of rotatable bonds is 7.